The monoisotopic (exact) mass is 392 g/mol. The van der Waals surface area contributed by atoms with E-state index >= 15 is 0 Å². The number of methoxy groups -OCH3 is 1. The molecule has 3 aromatic rings. The average molecular weight is 392 g/mol. The molecule has 0 N–H and O–H groups in total. The van der Waals surface area contributed by atoms with Crippen LogP contribution in [0.3, 0.4) is 0 Å². The van der Waals surface area contributed by atoms with E-state index in [0.29, 0.717) is 48.4 Å². The van der Waals surface area contributed by atoms with Crippen LogP contribution >= 0.6 is 0 Å². The highest BCUT2D eigenvalue weighted by molar-refractivity contribution is 5.76. The van der Waals surface area contributed by atoms with Crippen LogP contribution in [0, 0.1) is 0 Å². The molecular weight excluding hydrogens is 368 g/mol. The van der Waals surface area contributed by atoms with Gasteiger partial charge in [-0.3, -0.25) is 4.79 Å². The Balaban J connectivity index is 1.70. The van der Waals surface area contributed by atoms with E-state index in [1.165, 1.54) is 0 Å². The van der Waals surface area contributed by atoms with E-state index in [1.54, 1.807) is 25.3 Å². The van der Waals surface area contributed by atoms with Crippen molar-refractivity contribution in [1.29, 1.82) is 0 Å². The summed E-state index contributed by atoms with van der Waals surface area (Å²) >= 11 is 0. The Bertz CT molecular complexity index is 937. The molecule has 0 unspecified atom stereocenters. The first kappa shape index (κ1) is 20.3. The SMILES string of the molecule is CCOc1cc(COc2ccc(C=O)cc2OC)ccc1OCc1ccccc1. The zero-order chi connectivity index (χ0) is 20.5. The van der Waals surface area contributed by atoms with E-state index < -0.39 is 0 Å². The number of carbonyl (C=O) groups is 1. The number of hydrogen-bond donors (Lipinski definition) is 0. The molecule has 0 saturated heterocycles. The van der Waals surface area contributed by atoms with Crippen molar-refractivity contribution in [1.82, 2.24) is 0 Å². The fourth-order valence-electron chi connectivity index (χ4n) is 2.80. The van der Waals surface area contributed by atoms with Gasteiger partial charge in [-0.25, -0.2) is 0 Å². The van der Waals surface area contributed by atoms with Crippen molar-refractivity contribution in [2.24, 2.45) is 0 Å². The van der Waals surface area contributed by atoms with Gasteiger partial charge in [0.05, 0.1) is 13.7 Å². The van der Waals surface area contributed by atoms with Gasteiger partial charge in [-0.1, -0.05) is 36.4 Å². The van der Waals surface area contributed by atoms with Gasteiger partial charge in [0.2, 0.25) is 0 Å². The van der Waals surface area contributed by atoms with Crippen molar-refractivity contribution in [3.63, 3.8) is 0 Å². The number of rotatable bonds is 10. The molecule has 0 atom stereocenters. The minimum absolute atomic E-state index is 0.329. The van der Waals surface area contributed by atoms with Crippen LogP contribution in [-0.4, -0.2) is 20.0 Å². The summed E-state index contributed by atoms with van der Waals surface area (Å²) < 4.78 is 22.9. The molecule has 3 rings (SSSR count). The molecule has 0 aliphatic rings. The lowest BCUT2D eigenvalue weighted by Gasteiger charge is -2.15. The van der Waals surface area contributed by atoms with E-state index in [1.807, 2.05) is 55.5 Å². The normalized spacial score (nSPS) is 10.3. The highest BCUT2D eigenvalue weighted by Gasteiger charge is 2.10. The van der Waals surface area contributed by atoms with Crippen LogP contribution < -0.4 is 18.9 Å². The quantitative estimate of drug-likeness (QED) is 0.451. The molecule has 0 radical (unpaired) electrons. The van der Waals surface area contributed by atoms with E-state index in [2.05, 4.69) is 0 Å². The maximum atomic E-state index is 10.9. The van der Waals surface area contributed by atoms with Crippen molar-refractivity contribution in [2.75, 3.05) is 13.7 Å². The van der Waals surface area contributed by atoms with Gasteiger partial charge in [0.15, 0.2) is 23.0 Å². The molecule has 0 bridgehead atoms. The lowest BCUT2D eigenvalue weighted by Crippen LogP contribution is -2.02. The molecule has 0 fully saturated rings. The minimum atomic E-state index is 0.329. The molecule has 0 heterocycles. The maximum Gasteiger partial charge on any atom is 0.161 e. The molecule has 5 heteroatoms. The molecule has 0 saturated carbocycles. The Morgan fingerprint density at radius 1 is 0.724 bits per heavy atom. The molecule has 29 heavy (non-hydrogen) atoms. The smallest absolute Gasteiger partial charge is 0.161 e. The van der Waals surface area contributed by atoms with Crippen LogP contribution in [0.5, 0.6) is 23.0 Å². The van der Waals surface area contributed by atoms with E-state index in [-0.39, 0.29) is 0 Å². The first-order valence-corrected chi connectivity index (χ1v) is 9.42. The van der Waals surface area contributed by atoms with Crippen LogP contribution in [0.25, 0.3) is 0 Å². The third kappa shape index (κ3) is 5.51. The van der Waals surface area contributed by atoms with Crippen molar-refractivity contribution >= 4 is 6.29 Å². The summed E-state index contributed by atoms with van der Waals surface area (Å²) in [5.74, 6) is 2.45. The summed E-state index contributed by atoms with van der Waals surface area (Å²) in [7, 11) is 1.54. The second-order valence-corrected chi connectivity index (χ2v) is 6.31. The first-order valence-electron chi connectivity index (χ1n) is 9.42. The summed E-state index contributed by atoms with van der Waals surface area (Å²) in [6.45, 7) is 3.27. The second-order valence-electron chi connectivity index (χ2n) is 6.31. The Morgan fingerprint density at radius 3 is 2.10 bits per heavy atom. The maximum absolute atomic E-state index is 10.9. The molecule has 0 amide bonds. The van der Waals surface area contributed by atoms with Gasteiger partial charge in [-0.2, -0.15) is 0 Å². The standard InChI is InChI=1S/C24H24O5/c1-3-27-24-14-20(10-12-22(24)28-16-18-7-5-4-6-8-18)17-29-21-11-9-19(15-25)13-23(21)26-2/h4-15H,3,16-17H2,1-2H3. The van der Waals surface area contributed by atoms with Gasteiger partial charge in [0, 0.05) is 5.56 Å². The third-order valence-corrected chi connectivity index (χ3v) is 4.26. The fraction of sp³-hybridized carbons (Fsp3) is 0.208. The lowest BCUT2D eigenvalue weighted by molar-refractivity contribution is 0.112. The number of ether oxygens (including phenoxy) is 4. The van der Waals surface area contributed by atoms with E-state index in [4.69, 9.17) is 18.9 Å². The molecule has 0 aliphatic carbocycles. The average Bonchev–Trinajstić information content (AvgIpc) is 2.77. The van der Waals surface area contributed by atoms with Crippen LogP contribution in [0.2, 0.25) is 0 Å². The van der Waals surface area contributed by atoms with Gasteiger partial charge in [-0.05, 0) is 48.4 Å². The summed E-state index contributed by atoms with van der Waals surface area (Å²) in [6.07, 6.45) is 0.773. The Kier molecular flexibility index (Phi) is 7.11. The summed E-state index contributed by atoms with van der Waals surface area (Å²) in [4.78, 5) is 10.9. The van der Waals surface area contributed by atoms with Crippen molar-refractivity contribution in [3.05, 3.63) is 83.4 Å². The second kappa shape index (κ2) is 10.2. The van der Waals surface area contributed by atoms with E-state index in [9.17, 15) is 4.79 Å². The summed E-state index contributed by atoms with van der Waals surface area (Å²) in [6, 6.07) is 20.8. The Labute approximate surface area is 170 Å². The van der Waals surface area contributed by atoms with Crippen LogP contribution in [0.4, 0.5) is 0 Å². The van der Waals surface area contributed by atoms with Crippen molar-refractivity contribution in [3.8, 4) is 23.0 Å². The highest BCUT2D eigenvalue weighted by atomic mass is 16.5. The van der Waals surface area contributed by atoms with Crippen molar-refractivity contribution < 1.29 is 23.7 Å². The summed E-state index contributed by atoms with van der Waals surface area (Å²) in [5, 5.41) is 0. The third-order valence-electron chi connectivity index (χ3n) is 4.26. The first-order chi connectivity index (χ1) is 14.2. The van der Waals surface area contributed by atoms with Gasteiger partial charge in [-0.15, -0.1) is 0 Å². The van der Waals surface area contributed by atoms with E-state index in [0.717, 1.165) is 17.4 Å². The van der Waals surface area contributed by atoms with Crippen LogP contribution in [0.1, 0.15) is 28.4 Å². The number of aldehydes is 1. The van der Waals surface area contributed by atoms with Gasteiger partial charge >= 0.3 is 0 Å². The number of hydrogen-bond acceptors (Lipinski definition) is 5. The van der Waals surface area contributed by atoms with Gasteiger partial charge in [0.25, 0.3) is 0 Å². The molecule has 0 aliphatic heterocycles. The lowest BCUT2D eigenvalue weighted by atomic mass is 10.2. The minimum Gasteiger partial charge on any atom is -0.493 e. The highest BCUT2D eigenvalue weighted by Crippen LogP contribution is 2.31. The molecule has 0 spiro atoms. The largest absolute Gasteiger partial charge is 0.493 e. The Hall–Kier alpha value is -3.47. The number of benzene rings is 3. The molecule has 0 aromatic heterocycles. The van der Waals surface area contributed by atoms with Crippen LogP contribution in [0.15, 0.2) is 66.7 Å². The predicted octanol–water partition coefficient (Wildman–Crippen LogP) is 5.06. The predicted molar refractivity (Wildman–Crippen MR) is 111 cm³/mol. The molecule has 3 aromatic carbocycles. The zero-order valence-corrected chi connectivity index (χ0v) is 16.6. The molecule has 5 nitrogen and oxygen atoms in total. The Morgan fingerprint density at radius 2 is 1.41 bits per heavy atom. The van der Waals surface area contributed by atoms with Crippen LogP contribution in [-0.2, 0) is 13.2 Å². The fourth-order valence-corrected chi connectivity index (χ4v) is 2.80. The van der Waals surface area contributed by atoms with Gasteiger partial charge in [0.1, 0.15) is 19.5 Å². The van der Waals surface area contributed by atoms with Gasteiger partial charge < -0.3 is 18.9 Å². The van der Waals surface area contributed by atoms with Crippen molar-refractivity contribution in [2.45, 2.75) is 20.1 Å². The zero-order valence-electron chi connectivity index (χ0n) is 16.6. The molecule has 150 valence electrons. The summed E-state index contributed by atoms with van der Waals surface area (Å²) in [5.41, 5.74) is 2.56. The molecular formula is C24H24O5. The topological polar surface area (TPSA) is 54.0 Å². The number of carbonyl (C=O) groups excluding carboxylic acids is 1.